The molecule has 1 aliphatic rings. The third kappa shape index (κ3) is 4.29. The molecule has 1 atom stereocenters. The summed E-state index contributed by atoms with van der Waals surface area (Å²) in [7, 11) is 0. The smallest absolute Gasteiger partial charge is 0.335 e. The van der Waals surface area contributed by atoms with E-state index >= 15 is 4.39 Å². The van der Waals surface area contributed by atoms with Crippen molar-refractivity contribution < 1.29 is 22.1 Å². The van der Waals surface area contributed by atoms with Gasteiger partial charge in [0.2, 0.25) is 11.5 Å². The van der Waals surface area contributed by atoms with Gasteiger partial charge in [-0.3, -0.25) is 9.88 Å². The first-order valence-electron chi connectivity index (χ1n) is 9.15. The fourth-order valence-electron chi connectivity index (χ4n) is 3.49. The van der Waals surface area contributed by atoms with E-state index in [9.17, 15) is 13.2 Å². The fourth-order valence-corrected chi connectivity index (χ4v) is 3.49. The Balaban J connectivity index is 1.47. The maximum atomic E-state index is 15.6. The summed E-state index contributed by atoms with van der Waals surface area (Å²) in [6.45, 7) is 1.01. The highest BCUT2D eigenvalue weighted by Crippen LogP contribution is 2.36. The van der Waals surface area contributed by atoms with Gasteiger partial charge in [-0.05, 0) is 49.2 Å². The van der Waals surface area contributed by atoms with Gasteiger partial charge in [0.25, 0.3) is 5.89 Å². The second kappa shape index (κ2) is 7.55. The van der Waals surface area contributed by atoms with E-state index in [1.54, 1.807) is 24.5 Å². The van der Waals surface area contributed by atoms with Crippen LogP contribution in [0.2, 0.25) is 0 Å². The van der Waals surface area contributed by atoms with Crippen molar-refractivity contribution in [2.45, 2.75) is 31.2 Å². The zero-order valence-electron chi connectivity index (χ0n) is 15.4. The minimum Gasteiger partial charge on any atom is -0.335 e. The summed E-state index contributed by atoms with van der Waals surface area (Å²) in [6.07, 6.45) is -0.382. The first kappa shape index (κ1) is 19.5. The number of aromatic nitrogens is 3. The summed E-state index contributed by atoms with van der Waals surface area (Å²) in [4.78, 5) is 9.99. The molecule has 0 spiro atoms. The number of hydrogen-bond donors (Lipinski definition) is 0. The molecule has 5 nitrogen and oxygen atoms in total. The molecule has 0 amide bonds. The molecular weight excluding hydrogens is 388 g/mol. The van der Waals surface area contributed by atoms with Crippen molar-refractivity contribution >= 4 is 0 Å². The Bertz CT molecular complexity index is 959. The second-order valence-electron chi connectivity index (χ2n) is 7.13. The molecular formula is C20H18F4N4O. The van der Waals surface area contributed by atoms with Crippen LogP contribution in [0.15, 0.2) is 53.3 Å². The van der Waals surface area contributed by atoms with Crippen molar-refractivity contribution in [2.75, 3.05) is 13.1 Å². The third-order valence-electron chi connectivity index (χ3n) is 4.96. The first-order valence-corrected chi connectivity index (χ1v) is 9.15. The quantitative estimate of drug-likeness (QED) is 0.593. The van der Waals surface area contributed by atoms with Crippen LogP contribution in [-0.4, -0.2) is 33.1 Å². The number of piperidine rings is 1. The predicted octanol–water partition coefficient (Wildman–Crippen LogP) is 4.61. The molecule has 1 aromatic carbocycles. The van der Waals surface area contributed by atoms with E-state index in [0.717, 1.165) is 12.1 Å². The second-order valence-corrected chi connectivity index (χ2v) is 7.13. The molecule has 1 fully saturated rings. The standard InChI is InChI=1S/C20H18F4N4O/c21-19(18-26-17(27-29-18)15-6-9-25-10-7-15)8-1-11-28(13-19)12-14-2-4-16(5-3-14)20(22,23)24/h2-7,9-10H,1,8,11-13H2. The number of alkyl halides is 4. The van der Waals surface area contributed by atoms with Crippen molar-refractivity contribution in [3.05, 3.63) is 65.8 Å². The normalized spacial score (nSPS) is 20.7. The zero-order chi connectivity index (χ0) is 20.5. The summed E-state index contributed by atoms with van der Waals surface area (Å²) in [5.41, 5.74) is -1.14. The van der Waals surface area contributed by atoms with Gasteiger partial charge < -0.3 is 4.52 Å². The van der Waals surface area contributed by atoms with Gasteiger partial charge >= 0.3 is 6.18 Å². The minimum absolute atomic E-state index is 0.0337. The molecule has 3 heterocycles. The highest BCUT2D eigenvalue weighted by molar-refractivity contribution is 5.52. The number of hydrogen-bond acceptors (Lipinski definition) is 5. The van der Waals surface area contributed by atoms with E-state index in [1.807, 2.05) is 4.90 Å². The largest absolute Gasteiger partial charge is 0.416 e. The van der Waals surface area contributed by atoms with Crippen LogP contribution in [0.1, 0.15) is 29.9 Å². The lowest BCUT2D eigenvalue weighted by molar-refractivity contribution is -0.137. The molecule has 4 rings (SSSR count). The third-order valence-corrected chi connectivity index (χ3v) is 4.96. The fraction of sp³-hybridized carbons (Fsp3) is 0.350. The number of likely N-dealkylation sites (tertiary alicyclic amines) is 1. The van der Waals surface area contributed by atoms with Gasteiger partial charge in [0.15, 0.2) is 0 Å². The van der Waals surface area contributed by atoms with Crippen LogP contribution in [0.3, 0.4) is 0 Å². The highest BCUT2D eigenvalue weighted by Gasteiger charge is 2.42. The van der Waals surface area contributed by atoms with Crippen molar-refractivity contribution in [3.63, 3.8) is 0 Å². The molecule has 2 aromatic heterocycles. The van der Waals surface area contributed by atoms with Gasteiger partial charge in [-0.25, -0.2) is 4.39 Å². The van der Waals surface area contributed by atoms with Crippen LogP contribution in [0.25, 0.3) is 11.4 Å². The van der Waals surface area contributed by atoms with Crippen molar-refractivity contribution in [1.82, 2.24) is 20.0 Å². The van der Waals surface area contributed by atoms with Crippen LogP contribution in [0, 0.1) is 0 Å². The molecule has 1 aliphatic heterocycles. The minimum atomic E-state index is -4.37. The molecule has 1 unspecified atom stereocenters. The number of nitrogens with zero attached hydrogens (tertiary/aromatic N) is 4. The van der Waals surface area contributed by atoms with Crippen molar-refractivity contribution in [3.8, 4) is 11.4 Å². The number of benzene rings is 1. The summed E-state index contributed by atoms with van der Waals surface area (Å²) < 4.78 is 58.9. The Labute approximate surface area is 164 Å². The summed E-state index contributed by atoms with van der Waals surface area (Å²) in [6, 6.07) is 8.34. The first-order chi connectivity index (χ1) is 13.8. The topological polar surface area (TPSA) is 55.1 Å². The Morgan fingerprint density at radius 3 is 2.48 bits per heavy atom. The van der Waals surface area contributed by atoms with Gasteiger partial charge in [0.05, 0.1) is 5.56 Å². The molecule has 9 heteroatoms. The lowest BCUT2D eigenvalue weighted by atomic mass is 9.94. The van der Waals surface area contributed by atoms with Gasteiger partial charge in [0, 0.05) is 31.0 Å². The lowest BCUT2D eigenvalue weighted by Gasteiger charge is -2.35. The van der Waals surface area contributed by atoms with E-state index in [-0.39, 0.29) is 18.9 Å². The SMILES string of the molecule is FC(F)(F)c1ccc(CN2CCCC(F)(c3nc(-c4ccncc4)no3)C2)cc1. The average Bonchev–Trinajstić information content (AvgIpc) is 3.20. The lowest BCUT2D eigenvalue weighted by Crippen LogP contribution is -2.43. The van der Waals surface area contributed by atoms with Gasteiger partial charge in [-0.1, -0.05) is 17.3 Å². The molecule has 0 bridgehead atoms. The molecule has 0 aliphatic carbocycles. The van der Waals surface area contributed by atoms with Crippen LogP contribution in [0.5, 0.6) is 0 Å². The Kier molecular flexibility index (Phi) is 5.08. The van der Waals surface area contributed by atoms with Crippen LogP contribution in [0.4, 0.5) is 17.6 Å². The summed E-state index contributed by atoms with van der Waals surface area (Å²) in [5.74, 6) is 0.209. The number of rotatable bonds is 4. The Hall–Kier alpha value is -2.81. The molecule has 0 N–H and O–H groups in total. The van der Waals surface area contributed by atoms with Gasteiger partial charge in [0.1, 0.15) is 0 Å². The van der Waals surface area contributed by atoms with Crippen LogP contribution < -0.4 is 0 Å². The summed E-state index contributed by atoms with van der Waals surface area (Å²) >= 11 is 0. The maximum absolute atomic E-state index is 15.6. The Morgan fingerprint density at radius 2 is 1.79 bits per heavy atom. The number of pyridine rings is 1. The van der Waals surface area contributed by atoms with Crippen molar-refractivity contribution in [1.29, 1.82) is 0 Å². The van der Waals surface area contributed by atoms with Crippen LogP contribution in [-0.2, 0) is 18.4 Å². The van der Waals surface area contributed by atoms with E-state index in [1.165, 1.54) is 12.1 Å². The average molecular weight is 406 g/mol. The predicted molar refractivity (Wildman–Crippen MR) is 96.3 cm³/mol. The summed E-state index contributed by atoms with van der Waals surface area (Å²) in [5, 5.41) is 3.87. The highest BCUT2D eigenvalue weighted by atomic mass is 19.4. The molecule has 152 valence electrons. The van der Waals surface area contributed by atoms with E-state index in [2.05, 4.69) is 15.1 Å². The molecule has 3 aromatic rings. The van der Waals surface area contributed by atoms with Gasteiger partial charge in [-0.15, -0.1) is 0 Å². The molecule has 0 saturated carbocycles. The number of halogens is 4. The molecule has 0 radical (unpaired) electrons. The molecule has 29 heavy (non-hydrogen) atoms. The zero-order valence-corrected chi connectivity index (χ0v) is 15.4. The monoisotopic (exact) mass is 406 g/mol. The van der Waals surface area contributed by atoms with Crippen LogP contribution >= 0.6 is 0 Å². The van der Waals surface area contributed by atoms with E-state index in [0.29, 0.717) is 36.5 Å². The van der Waals surface area contributed by atoms with Crippen molar-refractivity contribution in [2.24, 2.45) is 0 Å². The maximum Gasteiger partial charge on any atom is 0.416 e. The molecule has 1 saturated heterocycles. The van der Waals surface area contributed by atoms with E-state index < -0.39 is 17.4 Å². The Morgan fingerprint density at radius 1 is 1.07 bits per heavy atom. The van der Waals surface area contributed by atoms with E-state index in [4.69, 9.17) is 4.52 Å². The van der Waals surface area contributed by atoms with Gasteiger partial charge in [-0.2, -0.15) is 18.2 Å².